The van der Waals surface area contributed by atoms with Crippen molar-refractivity contribution in [2.45, 2.75) is 33.4 Å². The number of aromatic amines is 1. The Labute approximate surface area is 92.1 Å². The summed E-state index contributed by atoms with van der Waals surface area (Å²) in [5.41, 5.74) is 1.14. The van der Waals surface area contributed by atoms with Gasteiger partial charge in [-0.25, -0.2) is 4.98 Å². The number of nitrogens with zero attached hydrogens (tertiary/aromatic N) is 2. The van der Waals surface area contributed by atoms with Crippen LogP contribution in [-0.2, 0) is 6.54 Å². The maximum Gasteiger partial charge on any atom is 0.0922 e. The molecular weight excluding hydrogens is 188 g/mol. The summed E-state index contributed by atoms with van der Waals surface area (Å²) in [5, 5.41) is 3.42. The number of imidazole rings is 1. The molecular formula is C11H22N4. The van der Waals surface area contributed by atoms with Crippen LogP contribution in [0.2, 0.25) is 0 Å². The third-order valence-corrected chi connectivity index (χ3v) is 2.75. The molecule has 0 fully saturated rings. The Bertz CT molecular complexity index is 241. The van der Waals surface area contributed by atoms with Gasteiger partial charge in [0.05, 0.1) is 6.33 Å². The van der Waals surface area contributed by atoms with E-state index in [1.165, 1.54) is 0 Å². The minimum atomic E-state index is 0.586. The molecule has 0 saturated carbocycles. The highest BCUT2D eigenvalue weighted by Crippen LogP contribution is 1.97. The first-order valence-electron chi connectivity index (χ1n) is 5.69. The average molecular weight is 210 g/mol. The van der Waals surface area contributed by atoms with Gasteiger partial charge in [-0.1, -0.05) is 13.8 Å². The topological polar surface area (TPSA) is 44.0 Å². The molecule has 2 N–H and O–H groups in total. The number of nitrogens with one attached hydrogen (secondary N) is 2. The van der Waals surface area contributed by atoms with Crippen LogP contribution in [0.1, 0.15) is 26.5 Å². The van der Waals surface area contributed by atoms with Gasteiger partial charge in [-0.15, -0.1) is 0 Å². The van der Waals surface area contributed by atoms with Crippen molar-refractivity contribution in [2.75, 3.05) is 19.6 Å². The van der Waals surface area contributed by atoms with E-state index in [0.717, 1.165) is 31.9 Å². The summed E-state index contributed by atoms with van der Waals surface area (Å²) >= 11 is 0. The van der Waals surface area contributed by atoms with Crippen molar-refractivity contribution < 1.29 is 0 Å². The molecule has 0 spiro atoms. The van der Waals surface area contributed by atoms with E-state index in [-0.39, 0.29) is 0 Å². The lowest BCUT2D eigenvalue weighted by molar-refractivity contribution is 0.225. The van der Waals surface area contributed by atoms with Crippen molar-refractivity contribution in [3.8, 4) is 0 Å². The third kappa shape index (κ3) is 4.01. The van der Waals surface area contributed by atoms with Crippen molar-refractivity contribution in [2.24, 2.45) is 0 Å². The van der Waals surface area contributed by atoms with Crippen LogP contribution in [0, 0.1) is 0 Å². The van der Waals surface area contributed by atoms with Crippen molar-refractivity contribution in [1.29, 1.82) is 0 Å². The van der Waals surface area contributed by atoms with Gasteiger partial charge in [0.2, 0.25) is 0 Å². The van der Waals surface area contributed by atoms with E-state index in [1.807, 2.05) is 6.20 Å². The first-order chi connectivity index (χ1) is 7.27. The minimum Gasteiger partial charge on any atom is -0.347 e. The molecule has 1 heterocycles. The zero-order valence-corrected chi connectivity index (χ0v) is 9.95. The van der Waals surface area contributed by atoms with Gasteiger partial charge in [0.25, 0.3) is 0 Å². The smallest absolute Gasteiger partial charge is 0.0922 e. The second-order valence-corrected chi connectivity index (χ2v) is 3.78. The molecule has 0 saturated heterocycles. The normalized spacial score (nSPS) is 13.3. The Morgan fingerprint density at radius 3 is 2.73 bits per heavy atom. The lowest BCUT2D eigenvalue weighted by atomic mass is 10.2. The molecule has 86 valence electrons. The van der Waals surface area contributed by atoms with Crippen LogP contribution in [0.3, 0.4) is 0 Å². The maximum atomic E-state index is 3.98. The molecule has 0 aliphatic rings. The zero-order chi connectivity index (χ0) is 11.1. The van der Waals surface area contributed by atoms with Gasteiger partial charge in [0.15, 0.2) is 0 Å². The first kappa shape index (κ1) is 12.2. The van der Waals surface area contributed by atoms with Gasteiger partial charge < -0.3 is 10.3 Å². The SMILES string of the molecule is CCN(CC)C(C)CNCc1cnc[nH]1. The monoisotopic (exact) mass is 210 g/mol. The van der Waals surface area contributed by atoms with Gasteiger partial charge in [-0.05, 0) is 20.0 Å². The fourth-order valence-corrected chi connectivity index (χ4v) is 1.77. The molecule has 1 unspecified atom stereocenters. The molecule has 0 amide bonds. The zero-order valence-electron chi connectivity index (χ0n) is 9.95. The number of H-pyrrole nitrogens is 1. The van der Waals surface area contributed by atoms with Crippen LogP contribution in [0.25, 0.3) is 0 Å². The van der Waals surface area contributed by atoms with Gasteiger partial charge in [-0.2, -0.15) is 0 Å². The van der Waals surface area contributed by atoms with E-state index < -0.39 is 0 Å². The van der Waals surface area contributed by atoms with Crippen LogP contribution < -0.4 is 5.32 Å². The van der Waals surface area contributed by atoms with Crippen LogP contribution >= 0.6 is 0 Å². The largest absolute Gasteiger partial charge is 0.347 e. The van der Waals surface area contributed by atoms with Crippen molar-refractivity contribution in [3.63, 3.8) is 0 Å². The summed E-state index contributed by atoms with van der Waals surface area (Å²) in [6.07, 6.45) is 3.57. The molecule has 4 nitrogen and oxygen atoms in total. The Balaban J connectivity index is 2.19. The summed E-state index contributed by atoms with van der Waals surface area (Å²) in [7, 11) is 0. The molecule has 0 aliphatic heterocycles. The number of rotatable bonds is 7. The van der Waals surface area contributed by atoms with Crippen molar-refractivity contribution in [1.82, 2.24) is 20.2 Å². The fraction of sp³-hybridized carbons (Fsp3) is 0.727. The molecule has 1 aromatic heterocycles. The van der Waals surface area contributed by atoms with E-state index in [1.54, 1.807) is 6.33 Å². The van der Waals surface area contributed by atoms with Gasteiger partial charge in [0.1, 0.15) is 0 Å². The van der Waals surface area contributed by atoms with Crippen molar-refractivity contribution in [3.05, 3.63) is 18.2 Å². The minimum absolute atomic E-state index is 0.586. The number of hydrogen-bond acceptors (Lipinski definition) is 3. The third-order valence-electron chi connectivity index (χ3n) is 2.75. The van der Waals surface area contributed by atoms with Crippen LogP contribution in [0.5, 0.6) is 0 Å². The molecule has 0 bridgehead atoms. The van der Waals surface area contributed by atoms with Gasteiger partial charge >= 0.3 is 0 Å². The highest BCUT2D eigenvalue weighted by Gasteiger charge is 2.08. The summed E-state index contributed by atoms with van der Waals surface area (Å²) in [4.78, 5) is 9.51. The molecule has 0 radical (unpaired) electrons. The fourth-order valence-electron chi connectivity index (χ4n) is 1.77. The van der Waals surface area contributed by atoms with Crippen molar-refractivity contribution >= 4 is 0 Å². The van der Waals surface area contributed by atoms with E-state index in [2.05, 4.69) is 41.0 Å². The number of aromatic nitrogens is 2. The molecule has 1 aromatic rings. The standard InChI is InChI=1S/C11H22N4/c1-4-15(5-2)10(3)6-12-7-11-8-13-9-14-11/h8-10,12H,4-7H2,1-3H3,(H,13,14). The quantitative estimate of drug-likeness (QED) is 0.711. The summed E-state index contributed by atoms with van der Waals surface area (Å²) in [6, 6.07) is 0.586. The Hall–Kier alpha value is -0.870. The highest BCUT2D eigenvalue weighted by atomic mass is 15.2. The van der Waals surface area contributed by atoms with E-state index in [0.29, 0.717) is 6.04 Å². The summed E-state index contributed by atoms with van der Waals surface area (Å²) < 4.78 is 0. The lowest BCUT2D eigenvalue weighted by Crippen LogP contribution is -2.40. The second-order valence-electron chi connectivity index (χ2n) is 3.78. The van der Waals surface area contributed by atoms with E-state index in [4.69, 9.17) is 0 Å². The molecule has 0 aromatic carbocycles. The molecule has 4 heteroatoms. The molecule has 1 atom stereocenters. The van der Waals surface area contributed by atoms with E-state index >= 15 is 0 Å². The van der Waals surface area contributed by atoms with Gasteiger partial charge in [0, 0.05) is 31.0 Å². The Morgan fingerprint density at radius 1 is 1.47 bits per heavy atom. The average Bonchev–Trinajstić information content (AvgIpc) is 2.72. The summed E-state index contributed by atoms with van der Waals surface area (Å²) in [6.45, 7) is 10.8. The predicted molar refractivity (Wildman–Crippen MR) is 62.7 cm³/mol. The van der Waals surface area contributed by atoms with Gasteiger partial charge in [-0.3, -0.25) is 4.90 Å². The molecule has 15 heavy (non-hydrogen) atoms. The second kappa shape index (κ2) is 6.58. The number of hydrogen-bond donors (Lipinski definition) is 2. The lowest BCUT2D eigenvalue weighted by Gasteiger charge is -2.26. The maximum absolute atomic E-state index is 3.98. The summed E-state index contributed by atoms with van der Waals surface area (Å²) in [5.74, 6) is 0. The first-order valence-corrected chi connectivity index (χ1v) is 5.69. The van der Waals surface area contributed by atoms with E-state index in [9.17, 15) is 0 Å². The molecule has 1 rings (SSSR count). The van der Waals surface area contributed by atoms with Crippen LogP contribution in [0.4, 0.5) is 0 Å². The van der Waals surface area contributed by atoms with Crippen LogP contribution in [-0.4, -0.2) is 40.5 Å². The Kier molecular flexibility index (Phi) is 5.36. The predicted octanol–water partition coefficient (Wildman–Crippen LogP) is 1.23. The van der Waals surface area contributed by atoms with Crippen LogP contribution in [0.15, 0.2) is 12.5 Å². The Morgan fingerprint density at radius 2 is 2.20 bits per heavy atom. The highest BCUT2D eigenvalue weighted by molar-refractivity contribution is 4.93. The molecule has 0 aliphatic carbocycles. The number of likely N-dealkylation sites (N-methyl/N-ethyl adjacent to an activating group) is 1.